The molecule has 0 saturated carbocycles. The van der Waals surface area contributed by atoms with Crippen LogP contribution in [0.5, 0.6) is 0 Å². The third-order valence-corrected chi connectivity index (χ3v) is 4.29. The largest absolute Gasteiger partial charge is 0.329 e. The lowest BCUT2D eigenvalue weighted by Gasteiger charge is -2.27. The molecule has 2 nitrogen and oxygen atoms in total. The number of thiophene rings is 1. The Morgan fingerprint density at radius 3 is 2.53 bits per heavy atom. The number of unbranched alkanes of at least 4 members (excludes halogenated alkanes) is 2. The molecule has 0 amide bonds. The summed E-state index contributed by atoms with van der Waals surface area (Å²) in [6, 6.07) is 2.69. The average Bonchev–Trinajstić information content (AvgIpc) is 2.60. The fourth-order valence-corrected chi connectivity index (χ4v) is 3.27. The van der Waals surface area contributed by atoms with Gasteiger partial charge in [-0.1, -0.05) is 19.8 Å². The van der Waals surface area contributed by atoms with E-state index in [-0.39, 0.29) is 0 Å². The molecule has 1 rings (SSSR count). The topological polar surface area (TPSA) is 29.3 Å². The van der Waals surface area contributed by atoms with E-state index in [2.05, 4.69) is 38.8 Å². The molecule has 1 aromatic rings. The number of likely N-dealkylation sites (N-methyl/N-ethyl adjacent to an activating group) is 1. The molecule has 0 aromatic carbocycles. The quantitative estimate of drug-likeness (QED) is 0.755. The maximum atomic E-state index is 5.95. The molecule has 98 valence electrons. The minimum absolute atomic E-state index is 0.386. The Morgan fingerprint density at radius 1 is 1.35 bits per heavy atom. The van der Waals surface area contributed by atoms with Crippen LogP contribution >= 0.6 is 11.3 Å². The van der Waals surface area contributed by atoms with E-state index in [9.17, 15) is 0 Å². The van der Waals surface area contributed by atoms with E-state index in [4.69, 9.17) is 5.73 Å². The summed E-state index contributed by atoms with van der Waals surface area (Å²) >= 11 is 1.88. The number of hydrogen-bond acceptors (Lipinski definition) is 3. The Kier molecular flexibility index (Phi) is 6.17. The second-order valence-electron chi connectivity index (χ2n) is 4.81. The summed E-state index contributed by atoms with van der Waals surface area (Å²) in [6.45, 7) is 8.47. The lowest BCUT2D eigenvalue weighted by molar-refractivity contribution is 0.245. The van der Waals surface area contributed by atoms with Crippen molar-refractivity contribution < 1.29 is 0 Å². The van der Waals surface area contributed by atoms with Gasteiger partial charge in [0.2, 0.25) is 0 Å². The maximum Gasteiger partial charge on any atom is 0.0478 e. The Labute approximate surface area is 110 Å². The van der Waals surface area contributed by atoms with E-state index in [1.807, 2.05) is 11.3 Å². The van der Waals surface area contributed by atoms with E-state index >= 15 is 0 Å². The van der Waals surface area contributed by atoms with Crippen molar-refractivity contribution in [1.29, 1.82) is 0 Å². The van der Waals surface area contributed by atoms with Crippen LogP contribution in [0.3, 0.4) is 0 Å². The zero-order chi connectivity index (χ0) is 12.8. The van der Waals surface area contributed by atoms with Crippen molar-refractivity contribution in [3.05, 3.63) is 21.4 Å². The Bertz CT molecular complexity index is 333. The van der Waals surface area contributed by atoms with E-state index in [0.717, 1.165) is 6.54 Å². The number of rotatable bonds is 7. The van der Waals surface area contributed by atoms with Crippen LogP contribution in [0.15, 0.2) is 6.07 Å². The van der Waals surface area contributed by atoms with E-state index < -0.39 is 0 Å². The molecule has 1 aromatic heterocycles. The first kappa shape index (κ1) is 14.7. The smallest absolute Gasteiger partial charge is 0.0478 e. The molecule has 0 aliphatic carbocycles. The molecule has 0 spiro atoms. The van der Waals surface area contributed by atoms with Gasteiger partial charge in [0, 0.05) is 22.3 Å². The molecule has 1 atom stereocenters. The summed E-state index contributed by atoms with van der Waals surface area (Å²) in [4.78, 5) is 5.21. The zero-order valence-electron chi connectivity index (χ0n) is 11.6. The van der Waals surface area contributed by atoms with Gasteiger partial charge in [0.1, 0.15) is 0 Å². The van der Waals surface area contributed by atoms with E-state index in [1.54, 1.807) is 0 Å². The number of nitrogens with two attached hydrogens (primary N) is 1. The fraction of sp³-hybridized carbons (Fsp3) is 0.714. The zero-order valence-corrected chi connectivity index (χ0v) is 12.4. The maximum absolute atomic E-state index is 5.95. The van der Waals surface area contributed by atoms with Gasteiger partial charge in [-0.15, -0.1) is 11.3 Å². The molecule has 0 radical (unpaired) electrons. The lowest BCUT2D eigenvalue weighted by atomic mass is 10.1. The number of hydrogen-bond donors (Lipinski definition) is 1. The second-order valence-corrected chi connectivity index (χ2v) is 6.27. The summed E-state index contributed by atoms with van der Waals surface area (Å²) in [5, 5.41) is 0. The average molecular weight is 254 g/mol. The third-order valence-electron chi connectivity index (χ3n) is 3.31. The molecule has 0 fully saturated rings. The number of aryl methyl sites for hydroxylation is 2. The highest BCUT2D eigenvalue weighted by atomic mass is 32.1. The molecule has 0 aliphatic heterocycles. The molecular weight excluding hydrogens is 228 g/mol. The molecule has 17 heavy (non-hydrogen) atoms. The van der Waals surface area contributed by atoms with Crippen LogP contribution in [-0.4, -0.2) is 25.0 Å². The summed E-state index contributed by atoms with van der Waals surface area (Å²) in [5.41, 5.74) is 7.38. The minimum Gasteiger partial charge on any atom is -0.329 e. The summed E-state index contributed by atoms with van der Waals surface area (Å²) < 4.78 is 0. The van der Waals surface area contributed by atoms with Gasteiger partial charge in [0.05, 0.1) is 0 Å². The lowest BCUT2D eigenvalue weighted by Crippen LogP contribution is -2.31. The molecule has 1 unspecified atom stereocenters. The second kappa shape index (κ2) is 7.14. The standard InChI is InChI=1S/C14H26N2S/c1-5-6-7-8-16(4)14(10-15)13-9-11(2)17-12(13)3/h9,14H,5-8,10,15H2,1-4H3. The van der Waals surface area contributed by atoms with Crippen molar-refractivity contribution in [1.82, 2.24) is 4.90 Å². The molecule has 2 N–H and O–H groups in total. The van der Waals surface area contributed by atoms with Crippen LogP contribution in [0.4, 0.5) is 0 Å². The Morgan fingerprint density at radius 2 is 2.06 bits per heavy atom. The van der Waals surface area contributed by atoms with Crippen molar-refractivity contribution in [3.8, 4) is 0 Å². The normalized spacial score (nSPS) is 13.3. The molecule has 1 heterocycles. The molecule has 3 heteroatoms. The predicted octanol–water partition coefficient (Wildman–Crippen LogP) is 3.49. The highest BCUT2D eigenvalue weighted by molar-refractivity contribution is 7.12. The van der Waals surface area contributed by atoms with Crippen molar-refractivity contribution in [3.63, 3.8) is 0 Å². The van der Waals surface area contributed by atoms with E-state index in [0.29, 0.717) is 12.6 Å². The van der Waals surface area contributed by atoms with Crippen molar-refractivity contribution in [2.75, 3.05) is 20.1 Å². The van der Waals surface area contributed by atoms with Crippen LogP contribution in [0, 0.1) is 13.8 Å². The number of nitrogens with zero attached hydrogens (tertiary/aromatic N) is 1. The minimum atomic E-state index is 0.386. The predicted molar refractivity (Wildman–Crippen MR) is 77.7 cm³/mol. The summed E-state index contributed by atoms with van der Waals surface area (Å²) in [6.07, 6.45) is 3.85. The van der Waals surface area contributed by atoms with Gasteiger partial charge < -0.3 is 5.73 Å². The van der Waals surface area contributed by atoms with Crippen molar-refractivity contribution >= 4 is 11.3 Å². The van der Waals surface area contributed by atoms with Gasteiger partial charge in [0.15, 0.2) is 0 Å². The Balaban J connectivity index is 2.67. The van der Waals surface area contributed by atoms with Gasteiger partial charge >= 0.3 is 0 Å². The van der Waals surface area contributed by atoms with Gasteiger partial charge in [-0.05, 0) is 45.5 Å². The molecule has 0 saturated heterocycles. The summed E-state index contributed by atoms with van der Waals surface area (Å²) in [5.74, 6) is 0. The van der Waals surface area contributed by atoms with Crippen LogP contribution in [0.25, 0.3) is 0 Å². The highest BCUT2D eigenvalue weighted by Gasteiger charge is 2.18. The van der Waals surface area contributed by atoms with Gasteiger partial charge in [-0.2, -0.15) is 0 Å². The van der Waals surface area contributed by atoms with E-state index in [1.165, 1.54) is 34.6 Å². The van der Waals surface area contributed by atoms with Crippen molar-refractivity contribution in [2.24, 2.45) is 5.73 Å². The first-order valence-electron chi connectivity index (χ1n) is 6.57. The SMILES string of the molecule is CCCCCN(C)C(CN)c1cc(C)sc1C. The summed E-state index contributed by atoms with van der Waals surface area (Å²) in [7, 11) is 2.19. The van der Waals surface area contributed by atoms with Crippen LogP contribution in [-0.2, 0) is 0 Å². The van der Waals surface area contributed by atoms with Gasteiger partial charge in [-0.3, -0.25) is 4.90 Å². The highest BCUT2D eigenvalue weighted by Crippen LogP contribution is 2.29. The van der Waals surface area contributed by atoms with Crippen LogP contribution in [0.2, 0.25) is 0 Å². The van der Waals surface area contributed by atoms with Gasteiger partial charge in [-0.25, -0.2) is 0 Å². The third kappa shape index (κ3) is 4.09. The fourth-order valence-electron chi connectivity index (χ4n) is 2.29. The monoisotopic (exact) mass is 254 g/mol. The Hall–Kier alpha value is -0.380. The molecule has 0 aliphatic rings. The van der Waals surface area contributed by atoms with Crippen LogP contribution in [0.1, 0.15) is 47.5 Å². The van der Waals surface area contributed by atoms with Gasteiger partial charge in [0.25, 0.3) is 0 Å². The molecular formula is C14H26N2S. The van der Waals surface area contributed by atoms with Crippen LogP contribution < -0.4 is 5.73 Å². The van der Waals surface area contributed by atoms with Crippen molar-refractivity contribution in [2.45, 2.75) is 46.1 Å². The first-order chi connectivity index (χ1) is 8.10. The first-order valence-corrected chi connectivity index (χ1v) is 7.39. The molecule has 0 bridgehead atoms.